The molecule has 0 amide bonds. The highest BCUT2D eigenvalue weighted by atomic mass is 79.9. The Morgan fingerprint density at radius 3 is 2.29 bits per heavy atom. The Balaban J connectivity index is 2.19. The number of nitrogens with zero attached hydrogens (tertiary/aromatic N) is 1. The van der Waals surface area contributed by atoms with Gasteiger partial charge in [-0.15, -0.1) is 0 Å². The van der Waals surface area contributed by atoms with Crippen LogP contribution in [0.4, 0.5) is 14.5 Å². The second kappa shape index (κ2) is 6.60. The maximum atomic E-state index is 12.5. The number of benzene rings is 1. The highest BCUT2D eigenvalue weighted by molar-refractivity contribution is 9.09. The quantitative estimate of drug-likeness (QED) is 0.743. The van der Waals surface area contributed by atoms with Gasteiger partial charge in [-0.2, -0.15) is 8.78 Å². The zero-order chi connectivity index (χ0) is 15.6. The molecular formula is C14H18BrF2NO2S. The van der Waals surface area contributed by atoms with Crippen molar-refractivity contribution in [3.63, 3.8) is 0 Å². The van der Waals surface area contributed by atoms with Crippen LogP contribution in [0, 0.1) is 0 Å². The standard InChI is InChI=1S/C14H18BrF2NO2S/c1-18(13-5-3-2-4-12(13)15)10-6-8-11(9-7-10)21(19,20)14(16)17/h6-9,12-14H,2-5H2,1H3. The summed E-state index contributed by atoms with van der Waals surface area (Å²) in [6, 6.07) is 6.00. The van der Waals surface area contributed by atoms with Gasteiger partial charge in [0.15, 0.2) is 0 Å². The van der Waals surface area contributed by atoms with Crippen LogP contribution in [-0.2, 0) is 9.84 Å². The molecule has 118 valence electrons. The molecule has 1 saturated carbocycles. The van der Waals surface area contributed by atoms with Gasteiger partial charge in [0.05, 0.1) is 4.90 Å². The van der Waals surface area contributed by atoms with Gasteiger partial charge in [-0.1, -0.05) is 28.8 Å². The Hall–Kier alpha value is -0.690. The van der Waals surface area contributed by atoms with E-state index in [0.29, 0.717) is 10.9 Å². The van der Waals surface area contributed by atoms with Gasteiger partial charge in [0.2, 0.25) is 9.84 Å². The molecule has 1 aromatic rings. The van der Waals surface area contributed by atoms with Crippen LogP contribution in [0.25, 0.3) is 0 Å². The Kier molecular flexibility index (Phi) is 5.24. The first-order valence-electron chi connectivity index (χ1n) is 6.83. The van der Waals surface area contributed by atoms with Gasteiger partial charge in [-0.25, -0.2) is 8.42 Å². The molecule has 0 aromatic heterocycles. The fourth-order valence-corrected chi connectivity index (χ4v) is 4.33. The monoisotopic (exact) mass is 381 g/mol. The van der Waals surface area contributed by atoms with Gasteiger partial charge >= 0.3 is 5.76 Å². The van der Waals surface area contributed by atoms with Crippen LogP contribution >= 0.6 is 15.9 Å². The highest BCUT2D eigenvalue weighted by Gasteiger charge is 2.28. The molecule has 21 heavy (non-hydrogen) atoms. The van der Waals surface area contributed by atoms with E-state index in [1.165, 1.54) is 18.6 Å². The normalized spacial score (nSPS) is 23.3. The minimum absolute atomic E-state index is 0.330. The lowest BCUT2D eigenvalue weighted by Crippen LogP contribution is -2.40. The molecule has 1 fully saturated rings. The second-order valence-corrected chi connectivity index (χ2v) is 8.37. The van der Waals surface area contributed by atoms with E-state index >= 15 is 0 Å². The molecule has 0 bridgehead atoms. The average Bonchev–Trinajstić information content (AvgIpc) is 2.47. The Labute approximate surface area is 132 Å². The lowest BCUT2D eigenvalue weighted by Gasteiger charge is -2.36. The number of sulfone groups is 1. The molecule has 0 saturated heterocycles. The number of alkyl halides is 3. The van der Waals surface area contributed by atoms with Crippen molar-refractivity contribution in [2.24, 2.45) is 0 Å². The van der Waals surface area contributed by atoms with Crippen molar-refractivity contribution in [3.8, 4) is 0 Å². The number of rotatable bonds is 4. The zero-order valence-electron chi connectivity index (χ0n) is 11.7. The molecule has 2 rings (SSSR count). The topological polar surface area (TPSA) is 37.4 Å². The minimum atomic E-state index is -4.52. The van der Waals surface area contributed by atoms with Crippen LogP contribution < -0.4 is 4.90 Å². The van der Waals surface area contributed by atoms with Crippen LogP contribution in [-0.4, -0.2) is 32.1 Å². The molecule has 1 aliphatic carbocycles. The summed E-state index contributed by atoms with van der Waals surface area (Å²) in [7, 11) is -2.57. The van der Waals surface area contributed by atoms with Gasteiger partial charge in [-0.3, -0.25) is 0 Å². The van der Waals surface area contributed by atoms with E-state index in [1.807, 2.05) is 7.05 Å². The largest absolute Gasteiger partial charge is 0.370 e. The number of halogens is 3. The molecule has 0 N–H and O–H groups in total. The van der Waals surface area contributed by atoms with E-state index in [0.717, 1.165) is 24.9 Å². The van der Waals surface area contributed by atoms with Crippen molar-refractivity contribution in [3.05, 3.63) is 24.3 Å². The van der Waals surface area contributed by atoms with Crippen molar-refractivity contribution in [1.82, 2.24) is 0 Å². The summed E-state index contributed by atoms with van der Waals surface area (Å²) in [5, 5.41) is 0. The Morgan fingerprint density at radius 1 is 1.19 bits per heavy atom. The predicted molar refractivity (Wildman–Crippen MR) is 83.0 cm³/mol. The van der Waals surface area contributed by atoms with Crippen molar-refractivity contribution in [2.45, 2.75) is 47.2 Å². The van der Waals surface area contributed by atoms with E-state index < -0.39 is 15.6 Å². The first-order chi connectivity index (χ1) is 9.84. The van der Waals surface area contributed by atoms with E-state index in [9.17, 15) is 17.2 Å². The third kappa shape index (κ3) is 3.56. The van der Waals surface area contributed by atoms with E-state index in [4.69, 9.17) is 0 Å². The average molecular weight is 382 g/mol. The van der Waals surface area contributed by atoms with Gasteiger partial charge in [0.1, 0.15) is 0 Å². The van der Waals surface area contributed by atoms with Crippen LogP contribution in [0.1, 0.15) is 25.7 Å². The number of hydrogen-bond donors (Lipinski definition) is 0. The fraction of sp³-hybridized carbons (Fsp3) is 0.571. The van der Waals surface area contributed by atoms with Crippen LogP contribution in [0.5, 0.6) is 0 Å². The third-order valence-electron chi connectivity index (χ3n) is 3.95. The lowest BCUT2D eigenvalue weighted by atomic mass is 9.94. The van der Waals surface area contributed by atoms with E-state index in [1.54, 1.807) is 12.1 Å². The summed E-state index contributed by atoms with van der Waals surface area (Å²) < 4.78 is 47.8. The van der Waals surface area contributed by atoms with Gasteiger partial charge in [0, 0.05) is 23.6 Å². The lowest BCUT2D eigenvalue weighted by molar-refractivity contribution is 0.234. The SMILES string of the molecule is CN(c1ccc(S(=O)(=O)C(F)F)cc1)C1CCCCC1Br. The summed E-state index contributed by atoms with van der Waals surface area (Å²) in [6.45, 7) is 0. The molecule has 0 heterocycles. The summed E-state index contributed by atoms with van der Waals surface area (Å²) in [5.74, 6) is -3.38. The minimum Gasteiger partial charge on any atom is -0.370 e. The summed E-state index contributed by atoms with van der Waals surface area (Å²) in [6.07, 6.45) is 4.52. The van der Waals surface area contributed by atoms with Crippen molar-refractivity contribution >= 4 is 31.5 Å². The third-order valence-corrected chi connectivity index (χ3v) is 6.42. The second-order valence-electron chi connectivity index (χ2n) is 5.28. The van der Waals surface area contributed by atoms with Crippen molar-refractivity contribution < 1.29 is 17.2 Å². The van der Waals surface area contributed by atoms with Gasteiger partial charge in [-0.05, 0) is 37.1 Å². The molecule has 0 radical (unpaired) electrons. The molecule has 2 unspecified atom stereocenters. The van der Waals surface area contributed by atoms with Gasteiger partial charge < -0.3 is 4.90 Å². The van der Waals surface area contributed by atoms with Crippen molar-refractivity contribution in [2.75, 3.05) is 11.9 Å². The smallest absolute Gasteiger partial charge is 0.341 e. The first-order valence-corrected chi connectivity index (χ1v) is 9.29. The van der Waals surface area contributed by atoms with Crippen molar-refractivity contribution in [1.29, 1.82) is 0 Å². The Morgan fingerprint density at radius 2 is 1.76 bits per heavy atom. The van der Waals surface area contributed by atoms with Crippen LogP contribution in [0.3, 0.4) is 0 Å². The molecule has 1 aromatic carbocycles. The Bertz CT molecular complexity index is 577. The van der Waals surface area contributed by atoms with E-state index in [2.05, 4.69) is 20.8 Å². The summed E-state index contributed by atoms with van der Waals surface area (Å²) in [5.41, 5.74) is 0.833. The molecule has 3 nitrogen and oxygen atoms in total. The molecule has 1 aliphatic rings. The highest BCUT2D eigenvalue weighted by Crippen LogP contribution is 2.31. The summed E-state index contributed by atoms with van der Waals surface area (Å²) >= 11 is 3.68. The maximum absolute atomic E-state index is 12.5. The number of anilines is 1. The molecule has 0 aliphatic heterocycles. The fourth-order valence-electron chi connectivity index (χ4n) is 2.67. The van der Waals surface area contributed by atoms with Crippen LogP contribution in [0.15, 0.2) is 29.2 Å². The summed E-state index contributed by atoms with van der Waals surface area (Å²) in [4.78, 5) is 2.13. The van der Waals surface area contributed by atoms with E-state index in [-0.39, 0.29) is 4.90 Å². The molecule has 0 spiro atoms. The van der Waals surface area contributed by atoms with Crippen LogP contribution in [0.2, 0.25) is 0 Å². The van der Waals surface area contributed by atoms with Gasteiger partial charge in [0.25, 0.3) is 0 Å². The zero-order valence-corrected chi connectivity index (χ0v) is 14.1. The molecule has 2 atom stereocenters. The maximum Gasteiger partial charge on any atom is 0.341 e. The predicted octanol–water partition coefficient (Wildman–Crippen LogP) is 3.83. The first kappa shape index (κ1) is 16.7. The molecular weight excluding hydrogens is 364 g/mol. The molecule has 7 heteroatoms. The number of hydrogen-bond acceptors (Lipinski definition) is 3.